The molecular weight excluding hydrogens is 812 g/mol. The van der Waals surface area contributed by atoms with E-state index in [0.29, 0.717) is 0 Å². The monoisotopic (exact) mass is 860 g/mol. The Hall–Kier alpha value is -6.14. The van der Waals surface area contributed by atoms with E-state index in [9.17, 15) is 0 Å². The summed E-state index contributed by atoms with van der Waals surface area (Å²) in [5.41, 5.74) is 19.7. The maximum Gasteiger partial charge on any atom is 0.198 e. The lowest BCUT2D eigenvalue weighted by Crippen LogP contribution is -2.37. The third-order valence-corrected chi connectivity index (χ3v) is 17.0. The molecule has 0 bridgehead atoms. The normalized spacial score (nSPS) is 14.2. The number of benzene rings is 8. The number of nitrogens with one attached hydrogen (secondary N) is 1. The molecule has 1 N–H and O–H groups in total. The number of thiophene rings is 2. The smallest absolute Gasteiger partial charge is 0.198 e. The molecule has 0 fully saturated rings. The highest BCUT2D eigenvalue weighted by molar-refractivity contribution is 7.27. The average molecular weight is 861 g/mol. The van der Waals surface area contributed by atoms with Crippen LogP contribution in [0.5, 0.6) is 0 Å². The van der Waals surface area contributed by atoms with Gasteiger partial charge in [0.05, 0.1) is 5.52 Å². The van der Waals surface area contributed by atoms with Crippen molar-refractivity contribution in [1.82, 2.24) is 4.57 Å². The van der Waals surface area contributed by atoms with E-state index in [1.165, 1.54) is 123 Å². The highest BCUT2D eigenvalue weighted by atomic mass is 32.1. The molecule has 8 aromatic carbocycles. The van der Waals surface area contributed by atoms with E-state index < -0.39 is 0 Å². The minimum absolute atomic E-state index is 0.00119. The van der Waals surface area contributed by atoms with Gasteiger partial charge in [-0.05, 0) is 116 Å². The molecule has 0 atom stereocenters. The second-order valence-corrected chi connectivity index (χ2v) is 23.2. The number of aromatic nitrogens is 1. The van der Waals surface area contributed by atoms with Crippen molar-refractivity contribution in [3.63, 3.8) is 0 Å². The zero-order valence-corrected chi connectivity index (χ0v) is 39.4. The summed E-state index contributed by atoms with van der Waals surface area (Å²) < 4.78 is 8.06. The molecule has 1 aliphatic heterocycles. The Morgan fingerprint density at radius 1 is 0.547 bits per heavy atom. The van der Waals surface area contributed by atoms with Gasteiger partial charge in [0.1, 0.15) is 0 Å². The molecular formula is C59H49BN2S2. The van der Waals surface area contributed by atoms with Gasteiger partial charge in [-0.25, -0.2) is 0 Å². The Morgan fingerprint density at radius 2 is 1.23 bits per heavy atom. The molecule has 0 amide bonds. The van der Waals surface area contributed by atoms with Crippen molar-refractivity contribution < 1.29 is 0 Å². The van der Waals surface area contributed by atoms with Gasteiger partial charge >= 0.3 is 0 Å². The second kappa shape index (κ2) is 13.0. The zero-order chi connectivity index (χ0) is 43.6. The van der Waals surface area contributed by atoms with Crippen LogP contribution in [0.15, 0.2) is 140 Å². The van der Waals surface area contributed by atoms with Crippen molar-refractivity contribution in [2.24, 2.45) is 0 Å². The Balaban J connectivity index is 1.20. The topological polar surface area (TPSA) is 17.0 Å². The summed E-state index contributed by atoms with van der Waals surface area (Å²) >= 11 is 3.89. The quantitative estimate of drug-likeness (QED) is 0.175. The van der Waals surface area contributed by atoms with E-state index in [1.807, 2.05) is 22.7 Å². The molecule has 1 aliphatic carbocycles. The van der Waals surface area contributed by atoms with Gasteiger partial charge in [0.2, 0.25) is 0 Å². The molecule has 11 aromatic rings. The zero-order valence-electron chi connectivity index (χ0n) is 37.7. The van der Waals surface area contributed by atoms with Crippen LogP contribution in [-0.4, -0.2) is 11.8 Å². The third kappa shape index (κ3) is 5.32. The van der Waals surface area contributed by atoms with Crippen LogP contribution in [0.4, 0.5) is 11.4 Å². The molecule has 0 unspecified atom stereocenters. The van der Waals surface area contributed by atoms with Gasteiger partial charge in [0.25, 0.3) is 0 Å². The lowest BCUT2D eigenvalue weighted by Gasteiger charge is -2.26. The van der Waals surface area contributed by atoms with Crippen molar-refractivity contribution in [3.8, 4) is 27.9 Å². The fourth-order valence-electron chi connectivity index (χ4n) is 11.3. The first-order chi connectivity index (χ1) is 30.7. The van der Waals surface area contributed by atoms with Crippen LogP contribution in [0, 0.1) is 0 Å². The fourth-order valence-corrected chi connectivity index (χ4v) is 13.8. The van der Waals surface area contributed by atoms with Crippen molar-refractivity contribution in [2.45, 2.75) is 71.6 Å². The van der Waals surface area contributed by atoms with Gasteiger partial charge in [0.15, 0.2) is 7.28 Å². The van der Waals surface area contributed by atoms with Crippen LogP contribution < -0.4 is 16.2 Å². The molecule has 13 rings (SSSR count). The van der Waals surface area contributed by atoms with Crippen molar-refractivity contribution in [1.29, 1.82) is 0 Å². The van der Waals surface area contributed by atoms with E-state index >= 15 is 0 Å². The standard InChI is InChI=1S/C59H49BN2S2/c1-57(2,3)32-21-24-34(25-22-32)61-45-30-43-38(35-15-9-12-18-42(35)59(43,7)8)28-40(45)53-54-55-51(52-37-17-11-14-20-49(37)64-56(52)53)41-27-33(58(4,5)6)23-26-46(41)62(55)47-29-39-36-16-10-13-19-48(36)63-50(39)31-44(47)60-54/h9-31,60-61H,1-8H3. The lowest BCUT2D eigenvalue weighted by molar-refractivity contribution is 0.590. The molecule has 310 valence electrons. The largest absolute Gasteiger partial charge is 0.355 e. The Labute approximate surface area is 383 Å². The van der Waals surface area contributed by atoms with E-state index in [2.05, 4.69) is 205 Å². The summed E-state index contributed by atoms with van der Waals surface area (Å²) in [5, 5.41) is 12.2. The Kier molecular flexibility index (Phi) is 7.78. The number of fused-ring (bicyclic) bond motifs is 15. The predicted octanol–water partition coefficient (Wildman–Crippen LogP) is 15.5. The second-order valence-electron chi connectivity index (χ2n) is 21.0. The van der Waals surface area contributed by atoms with E-state index in [0.717, 1.165) is 18.7 Å². The maximum absolute atomic E-state index is 4.08. The lowest BCUT2D eigenvalue weighted by atomic mass is 9.58. The molecule has 0 saturated carbocycles. The number of hydrogen-bond donors (Lipinski definition) is 1. The van der Waals surface area contributed by atoms with Gasteiger partial charge in [0, 0.05) is 84.7 Å². The van der Waals surface area contributed by atoms with Gasteiger partial charge in [-0.1, -0.05) is 140 Å². The third-order valence-electron chi connectivity index (χ3n) is 14.7. The highest BCUT2D eigenvalue weighted by Gasteiger charge is 2.38. The molecule has 0 saturated heterocycles. The summed E-state index contributed by atoms with van der Waals surface area (Å²) in [7, 11) is 0.844. The molecule has 4 heterocycles. The summed E-state index contributed by atoms with van der Waals surface area (Å²) in [4.78, 5) is 0. The molecule has 3 aromatic heterocycles. The molecule has 5 heteroatoms. The highest BCUT2D eigenvalue weighted by Crippen LogP contribution is 2.54. The van der Waals surface area contributed by atoms with Crippen LogP contribution in [0.3, 0.4) is 0 Å². The number of nitrogens with zero attached hydrogens (tertiary/aromatic N) is 1. The number of anilines is 2. The molecule has 64 heavy (non-hydrogen) atoms. The van der Waals surface area contributed by atoms with Crippen LogP contribution in [0.25, 0.3) is 90.1 Å². The summed E-state index contributed by atoms with van der Waals surface area (Å²) in [5.74, 6) is 0. The van der Waals surface area contributed by atoms with Crippen molar-refractivity contribution in [3.05, 3.63) is 162 Å². The van der Waals surface area contributed by atoms with Gasteiger partial charge in [-0.2, -0.15) is 0 Å². The van der Waals surface area contributed by atoms with Gasteiger partial charge < -0.3 is 9.88 Å². The van der Waals surface area contributed by atoms with Crippen LogP contribution >= 0.6 is 22.7 Å². The van der Waals surface area contributed by atoms with E-state index in [1.54, 1.807) is 0 Å². The summed E-state index contributed by atoms with van der Waals surface area (Å²) in [6.45, 7) is 18.7. The minimum atomic E-state index is -0.145. The fraction of sp³-hybridized carbons (Fsp3) is 0.186. The van der Waals surface area contributed by atoms with Crippen LogP contribution in [0.2, 0.25) is 0 Å². The molecule has 2 aliphatic rings. The van der Waals surface area contributed by atoms with Gasteiger partial charge in [-0.3, -0.25) is 0 Å². The first-order valence-electron chi connectivity index (χ1n) is 22.8. The van der Waals surface area contributed by atoms with E-state index in [4.69, 9.17) is 0 Å². The molecule has 2 nitrogen and oxygen atoms in total. The number of rotatable bonds is 3. The first kappa shape index (κ1) is 38.3. The van der Waals surface area contributed by atoms with Crippen molar-refractivity contribution in [2.75, 3.05) is 5.32 Å². The molecule has 0 spiro atoms. The van der Waals surface area contributed by atoms with Crippen molar-refractivity contribution >= 4 is 114 Å². The first-order valence-corrected chi connectivity index (χ1v) is 24.4. The predicted molar refractivity (Wildman–Crippen MR) is 283 cm³/mol. The van der Waals surface area contributed by atoms with Crippen LogP contribution in [-0.2, 0) is 16.2 Å². The maximum atomic E-state index is 4.08. The Morgan fingerprint density at radius 3 is 2.00 bits per heavy atom. The molecule has 0 radical (unpaired) electrons. The SMILES string of the molecule is CC(C)(C)c1ccc(Nc2cc3c(cc2-c2c4c5c(c6cc(C(C)(C)C)ccc6n5-c5cc6c(cc5B4)sc4ccccc46)c4c2sc2ccccc24)-c2ccccc2C3(C)C)cc1. The summed E-state index contributed by atoms with van der Waals surface area (Å²) in [6.07, 6.45) is 0. The Bertz CT molecular complexity index is 3820. The van der Waals surface area contributed by atoms with Crippen LogP contribution in [0.1, 0.15) is 77.6 Å². The summed E-state index contributed by atoms with van der Waals surface area (Å²) in [6, 6.07) is 53.7. The number of hydrogen-bond acceptors (Lipinski definition) is 3. The minimum Gasteiger partial charge on any atom is -0.355 e. The van der Waals surface area contributed by atoms with E-state index in [-0.39, 0.29) is 16.2 Å². The van der Waals surface area contributed by atoms with Gasteiger partial charge in [-0.15, -0.1) is 22.7 Å². The average Bonchev–Trinajstić information content (AvgIpc) is 3.99.